The van der Waals surface area contributed by atoms with Crippen molar-refractivity contribution in [2.45, 2.75) is 0 Å². The lowest BCUT2D eigenvalue weighted by Crippen LogP contribution is -2.09. The van der Waals surface area contributed by atoms with Crippen molar-refractivity contribution >= 4 is 88.3 Å². The van der Waals surface area contributed by atoms with Crippen LogP contribution in [0.1, 0.15) is 0 Å². The van der Waals surface area contributed by atoms with Crippen LogP contribution in [-0.4, -0.2) is 9.97 Å². The van der Waals surface area contributed by atoms with Crippen molar-refractivity contribution in [3.63, 3.8) is 0 Å². The number of hydrogen-bond donors (Lipinski definition) is 0. The van der Waals surface area contributed by atoms with Crippen LogP contribution in [0.3, 0.4) is 0 Å². The molecule has 290 valence electrons. The third-order valence-electron chi connectivity index (χ3n) is 10.9. The van der Waals surface area contributed by atoms with Crippen molar-refractivity contribution in [1.82, 2.24) is 9.97 Å². The van der Waals surface area contributed by atoms with Crippen molar-refractivity contribution in [2.75, 3.05) is 9.80 Å². The summed E-state index contributed by atoms with van der Waals surface area (Å²) in [6, 6.07) is 69.9. The van der Waals surface area contributed by atoms with Gasteiger partial charge in [0, 0.05) is 98.6 Å². The summed E-state index contributed by atoms with van der Waals surface area (Å²) in [7, 11) is 0. The predicted molar refractivity (Wildman–Crippen MR) is 262 cm³/mol. The number of nitrogens with zero attached hydrogens (tertiary/aromatic N) is 4. The fourth-order valence-corrected chi connectivity index (χ4v) is 11.2. The topological polar surface area (TPSA) is 32.3 Å². The van der Waals surface area contributed by atoms with Crippen LogP contribution < -0.4 is 9.80 Å². The van der Waals surface area contributed by atoms with Gasteiger partial charge in [-0.2, -0.15) is 0 Å². The molecular formula is C54H36N4S3. The highest BCUT2D eigenvalue weighted by molar-refractivity contribution is 7.26. The minimum Gasteiger partial charge on any atom is -0.310 e. The molecule has 0 N–H and O–H groups in total. The summed E-state index contributed by atoms with van der Waals surface area (Å²) in [5.41, 5.74) is 11.4. The van der Waals surface area contributed by atoms with Crippen LogP contribution in [0.25, 0.3) is 61.9 Å². The van der Waals surface area contributed by atoms with Crippen LogP contribution in [0, 0.1) is 0 Å². The second-order valence-electron chi connectivity index (χ2n) is 14.7. The monoisotopic (exact) mass is 836 g/mol. The molecule has 0 spiro atoms. The van der Waals surface area contributed by atoms with E-state index in [1.807, 2.05) is 58.8 Å². The van der Waals surface area contributed by atoms with E-state index in [-0.39, 0.29) is 0 Å². The molecule has 0 saturated carbocycles. The summed E-state index contributed by atoms with van der Waals surface area (Å²) in [6.45, 7) is 0. The highest BCUT2D eigenvalue weighted by Gasteiger charge is 2.18. The Morgan fingerprint density at radius 3 is 0.984 bits per heavy atom. The fourth-order valence-electron chi connectivity index (χ4n) is 7.96. The largest absolute Gasteiger partial charge is 0.310 e. The Bertz CT molecular complexity index is 3010. The van der Waals surface area contributed by atoms with E-state index in [4.69, 9.17) is 0 Å². The Balaban J connectivity index is 0.921. The molecule has 0 saturated heterocycles. The molecule has 6 aromatic carbocycles. The third-order valence-corrected chi connectivity index (χ3v) is 14.4. The molecule has 0 aliphatic carbocycles. The van der Waals surface area contributed by atoms with Gasteiger partial charge in [-0.1, -0.05) is 97.1 Å². The molecule has 0 aliphatic rings. The summed E-state index contributed by atoms with van der Waals surface area (Å²) in [6.07, 6.45) is 7.44. The first-order chi connectivity index (χ1) is 30.2. The maximum atomic E-state index is 4.34. The van der Waals surface area contributed by atoms with Gasteiger partial charge in [-0.3, -0.25) is 9.97 Å². The lowest BCUT2D eigenvalue weighted by atomic mass is 10.1. The highest BCUT2D eigenvalue weighted by Crippen LogP contribution is 2.45. The van der Waals surface area contributed by atoms with Crippen molar-refractivity contribution < 1.29 is 0 Å². The normalized spacial score (nSPS) is 11.3. The van der Waals surface area contributed by atoms with Crippen molar-refractivity contribution in [2.24, 2.45) is 0 Å². The molecule has 11 rings (SSSR count). The second-order valence-corrected chi connectivity index (χ2v) is 17.9. The Hall–Kier alpha value is -7.16. The van der Waals surface area contributed by atoms with E-state index < -0.39 is 0 Å². The molecule has 5 aromatic heterocycles. The Morgan fingerprint density at radius 2 is 0.607 bits per heavy atom. The number of thiophene rings is 3. The van der Waals surface area contributed by atoms with Crippen LogP contribution in [0.15, 0.2) is 219 Å². The smallest absolute Gasteiger partial charge is 0.0492 e. The van der Waals surface area contributed by atoms with Crippen LogP contribution >= 0.6 is 34.0 Å². The minimum atomic E-state index is 1.06. The quantitative estimate of drug-likeness (QED) is 0.137. The van der Waals surface area contributed by atoms with Crippen molar-refractivity contribution in [3.8, 4) is 41.8 Å². The van der Waals surface area contributed by atoms with Gasteiger partial charge in [0.25, 0.3) is 0 Å². The van der Waals surface area contributed by atoms with E-state index in [1.165, 1.54) is 61.9 Å². The molecular weight excluding hydrogens is 801 g/mol. The predicted octanol–water partition coefficient (Wildman–Crippen LogP) is 16.6. The van der Waals surface area contributed by atoms with E-state index >= 15 is 0 Å². The Morgan fingerprint density at radius 1 is 0.279 bits per heavy atom. The number of anilines is 6. The van der Waals surface area contributed by atoms with Gasteiger partial charge in [-0.15, -0.1) is 34.0 Å². The summed E-state index contributed by atoms with van der Waals surface area (Å²) in [5, 5.41) is 2.50. The number of rotatable bonds is 10. The lowest BCUT2D eigenvalue weighted by Gasteiger charge is -2.25. The van der Waals surface area contributed by atoms with E-state index in [9.17, 15) is 0 Å². The molecule has 0 fully saturated rings. The Labute approximate surface area is 366 Å². The number of benzene rings is 6. The zero-order valence-corrected chi connectivity index (χ0v) is 35.2. The molecule has 0 amide bonds. The van der Waals surface area contributed by atoms with Crippen LogP contribution in [0.4, 0.5) is 34.1 Å². The molecule has 0 bridgehead atoms. The molecule has 0 aliphatic heterocycles. The summed E-state index contributed by atoms with van der Waals surface area (Å²) >= 11 is 5.48. The van der Waals surface area contributed by atoms with Gasteiger partial charge < -0.3 is 9.80 Å². The number of fused-ring (bicyclic) bond motifs is 3. The molecule has 11 aromatic rings. The second kappa shape index (κ2) is 16.1. The van der Waals surface area contributed by atoms with Gasteiger partial charge in [0.05, 0.1) is 0 Å². The van der Waals surface area contributed by atoms with Crippen LogP contribution in [-0.2, 0) is 0 Å². The number of pyridine rings is 2. The van der Waals surface area contributed by atoms with E-state index in [2.05, 4.69) is 214 Å². The summed E-state index contributed by atoms with van der Waals surface area (Å²) in [5.74, 6) is 0. The fraction of sp³-hybridized carbons (Fsp3) is 0. The first-order valence-corrected chi connectivity index (χ1v) is 22.5. The van der Waals surface area contributed by atoms with Gasteiger partial charge >= 0.3 is 0 Å². The molecule has 0 radical (unpaired) electrons. The first kappa shape index (κ1) is 36.9. The molecule has 0 unspecified atom stereocenters. The van der Waals surface area contributed by atoms with Crippen LogP contribution in [0.5, 0.6) is 0 Å². The van der Waals surface area contributed by atoms with Gasteiger partial charge in [-0.05, 0) is 119 Å². The summed E-state index contributed by atoms with van der Waals surface area (Å²) < 4.78 is 2.47. The van der Waals surface area contributed by atoms with E-state index in [0.29, 0.717) is 0 Å². The van der Waals surface area contributed by atoms with Gasteiger partial charge in [-0.25, -0.2) is 0 Å². The lowest BCUT2D eigenvalue weighted by molar-refractivity contribution is 1.25. The standard InChI is InChI=1S/C54H36N4S3/c1-3-7-37(8-4-1)49-23-25-51(59-49)39-11-15-41(16-12-39)57(43-27-31-55-32-28-43)45-19-21-47-48-22-20-46(36-54(48)61-53(47)35-45)58(44-29-33-56-34-30-44)42-17-13-40(14-18-42)52-26-24-50(60-52)38-9-5-2-6-10-38/h1-36H. The SMILES string of the molecule is c1ccc(-c2ccc(-c3ccc(N(c4ccncc4)c4ccc5c(c4)sc4cc(N(c6ccncc6)c6ccc(-c7ccc(-c8ccccc8)s7)cc6)ccc45)cc3)s2)cc1. The zero-order valence-electron chi connectivity index (χ0n) is 32.8. The molecule has 7 heteroatoms. The molecule has 4 nitrogen and oxygen atoms in total. The molecule has 61 heavy (non-hydrogen) atoms. The first-order valence-electron chi connectivity index (χ1n) is 20.1. The van der Waals surface area contributed by atoms with Crippen molar-refractivity contribution in [3.05, 3.63) is 219 Å². The molecule has 5 heterocycles. The van der Waals surface area contributed by atoms with Gasteiger partial charge in [0.1, 0.15) is 0 Å². The average molecular weight is 837 g/mol. The highest BCUT2D eigenvalue weighted by atomic mass is 32.1. The molecule has 0 atom stereocenters. The van der Waals surface area contributed by atoms with Gasteiger partial charge in [0.2, 0.25) is 0 Å². The zero-order chi connectivity index (χ0) is 40.5. The Kier molecular flexibility index (Phi) is 9.75. The minimum absolute atomic E-state index is 1.06. The van der Waals surface area contributed by atoms with Crippen molar-refractivity contribution in [1.29, 1.82) is 0 Å². The summed E-state index contributed by atoms with van der Waals surface area (Å²) in [4.78, 5) is 18.4. The van der Waals surface area contributed by atoms with E-state index in [1.54, 1.807) is 0 Å². The average Bonchev–Trinajstić information content (AvgIpc) is 4.11. The van der Waals surface area contributed by atoms with E-state index in [0.717, 1.165) is 34.1 Å². The maximum Gasteiger partial charge on any atom is 0.0492 e. The third kappa shape index (κ3) is 7.29. The van der Waals surface area contributed by atoms with Gasteiger partial charge in [0.15, 0.2) is 0 Å². The number of hydrogen-bond acceptors (Lipinski definition) is 7. The maximum absolute atomic E-state index is 4.34. The number of aromatic nitrogens is 2. The van der Waals surface area contributed by atoms with Crippen LogP contribution in [0.2, 0.25) is 0 Å².